The fourth-order valence-electron chi connectivity index (χ4n) is 2.65. The molecule has 1 atom stereocenters. The molecule has 2 aliphatic rings. The second-order valence-electron chi connectivity index (χ2n) is 5.49. The SMILES string of the molecule is Cl.O=S(=O)(NCC1CCCNC1)c1cc2c(cc1Cl)OCCO2. The highest BCUT2D eigenvalue weighted by Crippen LogP contribution is 2.37. The molecule has 2 heterocycles. The van der Waals surface area contributed by atoms with Gasteiger partial charge in [0.2, 0.25) is 10.0 Å². The van der Waals surface area contributed by atoms with Gasteiger partial charge in [0.15, 0.2) is 11.5 Å². The van der Waals surface area contributed by atoms with Gasteiger partial charge in [-0.1, -0.05) is 11.6 Å². The molecule has 130 valence electrons. The minimum atomic E-state index is -3.67. The Kier molecular flexibility index (Phi) is 6.39. The molecule has 0 saturated carbocycles. The van der Waals surface area contributed by atoms with E-state index in [1.807, 2.05) is 0 Å². The number of benzene rings is 1. The van der Waals surface area contributed by atoms with E-state index in [-0.39, 0.29) is 22.3 Å². The molecule has 1 aromatic carbocycles. The summed E-state index contributed by atoms with van der Waals surface area (Å²) < 4.78 is 38.4. The van der Waals surface area contributed by atoms with E-state index in [4.69, 9.17) is 21.1 Å². The highest BCUT2D eigenvalue weighted by molar-refractivity contribution is 7.89. The predicted molar refractivity (Wildman–Crippen MR) is 90.5 cm³/mol. The minimum absolute atomic E-state index is 0. The molecule has 1 unspecified atom stereocenters. The van der Waals surface area contributed by atoms with Crippen molar-refractivity contribution in [2.45, 2.75) is 17.7 Å². The molecule has 9 heteroatoms. The van der Waals surface area contributed by atoms with Crippen LogP contribution < -0.4 is 19.5 Å². The van der Waals surface area contributed by atoms with Crippen LogP contribution in [0.4, 0.5) is 0 Å². The third-order valence-electron chi connectivity index (χ3n) is 3.85. The molecule has 0 aromatic heterocycles. The molecule has 1 saturated heterocycles. The van der Waals surface area contributed by atoms with E-state index in [1.165, 1.54) is 12.1 Å². The quantitative estimate of drug-likeness (QED) is 0.830. The van der Waals surface area contributed by atoms with Crippen molar-refractivity contribution >= 4 is 34.0 Å². The Morgan fingerprint density at radius 1 is 1.26 bits per heavy atom. The first kappa shape index (κ1) is 18.6. The summed E-state index contributed by atoms with van der Waals surface area (Å²) in [5, 5.41) is 3.40. The van der Waals surface area contributed by atoms with Gasteiger partial charge in [-0.2, -0.15) is 0 Å². The average molecular weight is 383 g/mol. The first-order chi connectivity index (χ1) is 10.6. The summed E-state index contributed by atoms with van der Waals surface area (Å²) in [7, 11) is -3.67. The first-order valence-electron chi connectivity index (χ1n) is 7.36. The summed E-state index contributed by atoms with van der Waals surface area (Å²) in [5.41, 5.74) is 0. The monoisotopic (exact) mass is 382 g/mol. The number of piperidine rings is 1. The van der Waals surface area contributed by atoms with E-state index in [2.05, 4.69) is 10.0 Å². The summed E-state index contributed by atoms with van der Waals surface area (Å²) >= 11 is 6.10. The maximum absolute atomic E-state index is 12.5. The molecule has 6 nitrogen and oxygen atoms in total. The normalized spacial score (nSPS) is 20.7. The molecule has 2 N–H and O–H groups in total. The molecule has 0 amide bonds. The number of nitrogens with one attached hydrogen (secondary N) is 2. The largest absolute Gasteiger partial charge is 0.486 e. The molecule has 0 aliphatic carbocycles. The highest BCUT2D eigenvalue weighted by Gasteiger charge is 2.24. The number of hydrogen-bond acceptors (Lipinski definition) is 5. The maximum Gasteiger partial charge on any atom is 0.242 e. The predicted octanol–water partition coefficient (Wildman–Crippen LogP) is 1.81. The van der Waals surface area contributed by atoms with Crippen LogP contribution in [0.3, 0.4) is 0 Å². The van der Waals surface area contributed by atoms with Gasteiger partial charge in [-0.3, -0.25) is 0 Å². The Labute approximate surface area is 147 Å². The van der Waals surface area contributed by atoms with Crippen molar-refractivity contribution in [2.24, 2.45) is 5.92 Å². The number of sulfonamides is 1. The van der Waals surface area contributed by atoms with Crippen LogP contribution in [0.15, 0.2) is 17.0 Å². The van der Waals surface area contributed by atoms with E-state index in [0.717, 1.165) is 25.9 Å². The molecule has 23 heavy (non-hydrogen) atoms. The second kappa shape index (κ2) is 7.90. The van der Waals surface area contributed by atoms with Crippen molar-refractivity contribution in [2.75, 3.05) is 32.8 Å². The Balaban J connectivity index is 0.00000192. The van der Waals surface area contributed by atoms with Crippen molar-refractivity contribution < 1.29 is 17.9 Å². The van der Waals surface area contributed by atoms with Crippen LogP contribution in [0.2, 0.25) is 5.02 Å². The molecule has 1 aromatic rings. The van der Waals surface area contributed by atoms with Gasteiger partial charge in [0.1, 0.15) is 18.1 Å². The summed E-state index contributed by atoms with van der Waals surface area (Å²) in [6, 6.07) is 2.92. The summed E-state index contributed by atoms with van der Waals surface area (Å²) in [6.45, 7) is 3.06. The van der Waals surface area contributed by atoms with Crippen LogP contribution in [0, 0.1) is 5.92 Å². The van der Waals surface area contributed by atoms with E-state index >= 15 is 0 Å². The second-order valence-corrected chi connectivity index (χ2v) is 7.63. The Bertz CT molecular complexity index is 648. The number of rotatable bonds is 4. The van der Waals surface area contributed by atoms with E-state index in [0.29, 0.717) is 37.2 Å². The van der Waals surface area contributed by atoms with Gasteiger partial charge < -0.3 is 14.8 Å². The number of halogens is 2. The van der Waals surface area contributed by atoms with Crippen molar-refractivity contribution in [1.29, 1.82) is 0 Å². The summed E-state index contributed by atoms with van der Waals surface area (Å²) in [5.74, 6) is 1.20. The van der Waals surface area contributed by atoms with Gasteiger partial charge in [0, 0.05) is 18.7 Å². The zero-order valence-corrected chi connectivity index (χ0v) is 14.9. The van der Waals surface area contributed by atoms with Gasteiger partial charge in [-0.15, -0.1) is 12.4 Å². The van der Waals surface area contributed by atoms with Gasteiger partial charge in [0.25, 0.3) is 0 Å². The lowest BCUT2D eigenvalue weighted by molar-refractivity contribution is 0.171. The first-order valence-corrected chi connectivity index (χ1v) is 9.22. The third-order valence-corrected chi connectivity index (χ3v) is 5.74. The summed E-state index contributed by atoms with van der Waals surface area (Å²) in [6.07, 6.45) is 2.08. The van der Waals surface area contributed by atoms with Crippen LogP contribution in [-0.4, -0.2) is 41.3 Å². The number of ether oxygens (including phenoxy) is 2. The lowest BCUT2D eigenvalue weighted by Gasteiger charge is -2.23. The lowest BCUT2D eigenvalue weighted by atomic mass is 10.0. The van der Waals surface area contributed by atoms with Gasteiger partial charge >= 0.3 is 0 Å². The van der Waals surface area contributed by atoms with Crippen molar-refractivity contribution in [3.8, 4) is 11.5 Å². The number of hydrogen-bond donors (Lipinski definition) is 2. The summed E-state index contributed by atoms with van der Waals surface area (Å²) in [4.78, 5) is 0.0298. The fourth-order valence-corrected chi connectivity index (χ4v) is 4.30. The van der Waals surface area contributed by atoms with Crippen molar-refractivity contribution in [3.05, 3.63) is 17.2 Å². The van der Waals surface area contributed by atoms with Crippen LogP contribution in [-0.2, 0) is 10.0 Å². The molecule has 0 bridgehead atoms. The Hall–Kier alpha value is -0.730. The van der Waals surface area contributed by atoms with E-state index in [9.17, 15) is 8.42 Å². The zero-order chi connectivity index (χ0) is 15.6. The number of fused-ring (bicyclic) bond motifs is 1. The molecular weight excluding hydrogens is 363 g/mol. The Morgan fingerprint density at radius 2 is 1.96 bits per heavy atom. The topological polar surface area (TPSA) is 76.7 Å². The van der Waals surface area contributed by atoms with Gasteiger partial charge in [-0.25, -0.2) is 13.1 Å². The molecular formula is C14H20Cl2N2O4S. The smallest absolute Gasteiger partial charge is 0.242 e. The third kappa shape index (κ3) is 4.42. The van der Waals surface area contributed by atoms with Crippen molar-refractivity contribution in [1.82, 2.24) is 10.0 Å². The standard InChI is InChI=1S/C14H19ClN2O4S.ClH/c15-11-6-12-13(21-5-4-20-12)7-14(11)22(18,19)17-9-10-2-1-3-16-8-10;/h6-7,10,16-17H,1-5,8-9H2;1H. The molecule has 2 aliphatic heterocycles. The highest BCUT2D eigenvalue weighted by atomic mass is 35.5. The van der Waals surface area contributed by atoms with Crippen LogP contribution >= 0.6 is 24.0 Å². The van der Waals surface area contributed by atoms with Crippen LogP contribution in [0.1, 0.15) is 12.8 Å². The van der Waals surface area contributed by atoms with Gasteiger partial charge in [0.05, 0.1) is 5.02 Å². The average Bonchev–Trinajstić information content (AvgIpc) is 2.53. The fraction of sp³-hybridized carbons (Fsp3) is 0.571. The Morgan fingerprint density at radius 3 is 2.61 bits per heavy atom. The van der Waals surface area contributed by atoms with Crippen LogP contribution in [0.5, 0.6) is 11.5 Å². The van der Waals surface area contributed by atoms with Crippen LogP contribution in [0.25, 0.3) is 0 Å². The maximum atomic E-state index is 12.5. The van der Waals surface area contributed by atoms with Gasteiger partial charge in [-0.05, 0) is 31.8 Å². The van der Waals surface area contributed by atoms with E-state index < -0.39 is 10.0 Å². The molecule has 1 fully saturated rings. The lowest BCUT2D eigenvalue weighted by Crippen LogP contribution is -2.38. The molecule has 0 spiro atoms. The van der Waals surface area contributed by atoms with E-state index in [1.54, 1.807) is 0 Å². The minimum Gasteiger partial charge on any atom is -0.486 e. The molecule has 0 radical (unpaired) electrons. The molecule has 3 rings (SSSR count). The zero-order valence-electron chi connectivity index (χ0n) is 12.5. The van der Waals surface area contributed by atoms with Crippen molar-refractivity contribution in [3.63, 3.8) is 0 Å².